The summed E-state index contributed by atoms with van der Waals surface area (Å²) in [5.41, 5.74) is 7.65. The molecule has 0 aliphatic carbocycles. The molecule has 0 saturated carbocycles. The number of anilines is 1. The van der Waals surface area contributed by atoms with Gasteiger partial charge in [-0.15, -0.1) is 0 Å². The molecule has 0 amide bonds. The number of hydrogen-bond acceptors (Lipinski definition) is 4. The molecule has 1 aromatic carbocycles. The smallest absolute Gasteiger partial charge is 0.198 e. The topological polar surface area (TPSA) is 64.9 Å². The van der Waals surface area contributed by atoms with Gasteiger partial charge in [-0.2, -0.15) is 0 Å². The summed E-state index contributed by atoms with van der Waals surface area (Å²) >= 11 is 10.1. The van der Waals surface area contributed by atoms with Crippen LogP contribution in [-0.2, 0) is 0 Å². The van der Waals surface area contributed by atoms with Gasteiger partial charge in [0, 0.05) is 11.6 Å². The Morgan fingerprint density at radius 1 is 1.00 bits per heavy atom. The first-order valence-corrected chi connectivity index (χ1v) is 8.28. The molecule has 2 heterocycles. The van der Waals surface area contributed by atoms with Crippen molar-refractivity contribution in [3.05, 3.63) is 50.0 Å². The third-order valence-corrected chi connectivity index (χ3v) is 5.28. The minimum atomic E-state index is 0.363. The maximum Gasteiger partial charge on any atom is 0.198 e. The van der Waals surface area contributed by atoms with Crippen LogP contribution in [0, 0.1) is 0 Å². The van der Waals surface area contributed by atoms with Gasteiger partial charge in [-0.25, -0.2) is 9.97 Å². The number of furan rings is 1. The lowest BCUT2D eigenvalue weighted by molar-refractivity contribution is 0.549. The Balaban J connectivity index is 2.18. The molecule has 2 N–H and O–H groups in total. The molecular formula is C14H8Br3N3O. The van der Waals surface area contributed by atoms with Crippen LogP contribution in [0.2, 0.25) is 0 Å². The van der Waals surface area contributed by atoms with E-state index in [0.717, 1.165) is 15.7 Å². The fraction of sp³-hybridized carbons (Fsp3) is 0. The maximum absolute atomic E-state index is 5.98. The lowest BCUT2D eigenvalue weighted by atomic mass is 10.1. The van der Waals surface area contributed by atoms with E-state index in [0.29, 0.717) is 26.5 Å². The molecule has 0 saturated heterocycles. The first-order valence-electron chi connectivity index (χ1n) is 5.90. The van der Waals surface area contributed by atoms with E-state index in [1.165, 1.54) is 0 Å². The number of nitrogens with two attached hydrogens (primary N) is 1. The van der Waals surface area contributed by atoms with Crippen molar-refractivity contribution in [2.45, 2.75) is 0 Å². The molecule has 0 aliphatic heterocycles. The quantitative estimate of drug-likeness (QED) is 0.550. The number of halogens is 3. The number of nitrogens with zero attached hydrogens (tertiary/aromatic N) is 2. The van der Waals surface area contributed by atoms with E-state index >= 15 is 0 Å². The van der Waals surface area contributed by atoms with Gasteiger partial charge in [0.15, 0.2) is 16.3 Å². The minimum absolute atomic E-state index is 0.363. The van der Waals surface area contributed by atoms with Gasteiger partial charge in [0.25, 0.3) is 0 Å². The van der Waals surface area contributed by atoms with Gasteiger partial charge in [-0.05, 0) is 47.8 Å². The number of benzene rings is 1. The predicted octanol–water partition coefficient (Wildman–Crippen LogP) is 5.27. The van der Waals surface area contributed by atoms with Crippen LogP contribution >= 0.6 is 47.8 Å². The average Bonchev–Trinajstić information content (AvgIpc) is 2.82. The van der Waals surface area contributed by atoms with Gasteiger partial charge < -0.3 is 10.2 Å². The molecule has 0 aliphatic rings. The molecule has 2 aromatic heterocycles. The molecule has 0 spiro atoms. The molecule has 3 aromatic rings. The van der Waals surface area contributed by atoms with Gasteiger partial charge in [-0.1, -0.05) is 30.3 Å². The van der Waals surface area contributed by atoms with Crippen molar-refractivity contribution in [2.24, 2.45) is 0 Å². The van der Waals surface area contributed by atoms with Crippen LogP contribution in [0.25, 0.3) is 22.8 Å². The molecule has 7 heteroatoms. The minimum Gasteiger partial charge on any atom is -0.445 e. The Bertz CT molecular complexity index is 783. The molecule has 0 fully saturated rings. The van der Waals surface area contributed by atoms with Crippen LogP contribution in [0.4, 0.5) is 5.82 Å². The Kier molecular flexibility index (Phi) is 4.14. The van der Waals surface area contributed by atoms with Gasteiger partial charge in [0.2, 0.25) is 0 Å². The molecule has 0 atom stereocenters. The highest BCUT2D eigenvalue weighted by Gasteiger charge is 2.16. The largest absolute Gasteiger partial charge is 0.445 e. The standard InChI is InChI=1S/C14H8Br3N3O/c15-8-6-9(21-12(8)17)14-19-11(10(16)13(18)20-14)7-4-2-1-3-5-7/h1-6H,(H2,18,19,20). The van der Waals surface area contributed by atoms with E-state index in [-0.39, 0.29) is 0 Å². The molecule has 0 radical (unpaired) electrons. The highest BCUT2D eigenvalue weighted by molar-refractivity contribution is 9.13. The summed E-state index contributed by atoms with van der Waals surface area (Å²) in [6, 6.07) is 11.6. The van der Waals surface area contributed by atoms with Gasteiger partial charge in [0.05, 0.1) is 14.6 Å². The van der Waals surface area contributed by atoms with Crippen LogP contribution in [0.5, 0.6) is 0 Å². The Hall–Kier alpha value is -1.18. The first kappa shape index (κ1) is 14.7. The van der Waals surface area contributed by atoms with Crippen molar-refractivity contribution in [3.8, 4) is 22.8 Å². The predicted molar refractivity (Wildman–Crippen MR) is 92.7 cm³/mol. The van der Waals surface area contributed by atoms with E-state index in [1.54, 1.807) is 6.07 Å². The van der Waals surface area contributed by atoms with Crippen molar-refractivity contribution >= 4 is 53.6 Å². The highest BCUT2D eigenvalue weighted by Crippen LogP contribution is 2.35. The lowest BCUT2D eigenvalue weighted by Crippen LogP contribution is -1.99. The average molecular weight is 474 g/mol. The third kappa shape index (κ3) is 2.90. The number of nitrogen functional groups attached to an aromatic ring is 1. The van der Waals surface area contributed by atoms with Crippen molar-refractivity contribution in [1.82, 2.24) is 9.97 Å². The van der Waals surface area contributed by atoms with Gasteiger partial charge in [-0.3, -0.25) is 0 Å². The van der Waals surface area contributed by atoms with Crippen molar-refractivity contribution < 1.29 is 4.42 Å². The van der Waals surface area contributed by atoms with Crippen molar-refractivity contribution in [1.29, 1.82) is 0 Å². The van der Waals surface area contributed by atoms with Crippen molar-refractivity contribution in [3.63, 3.8) is 0 Å². The molecule has 21 heavy (non-hydrogen) atoms. The molecule has 4 nitrogen and oxygen atoms in total. The zero-order chi connectivity index (χ0) is 15.0. The molecular weight excluding hydrogens is 466 g/mol. The zero-order valence-electron chi connectivity index (χ0n) is 10.5. The Morgan fingerprint density at radius 3 is 2.33 bits per heavy atom. The van der Waals surface area contributed by atoms with E-state index in [4.69, 9.17) is 10.2 Å². The Labute approximate surface area is 146 Å². The zero-order valence-corrected chi connectivity index (χ0v) is 15.2. The van der Waals surface area contributed by atoms with Gasteiger partial charge >= 0.3 is 0 Å². The van der Waals surface area contributed by atoms with Gasteiger partial charge in [0.1, 0.15) is 5.82 Å². The highest BCUT2D eigenvalue weighted by atomic mass is 79.9. The summed E-state index contributed by atoms with van der Waals surface area (Å²) in [6.45, 7) is 0. The number of hydrogen-bond donors (Lipinski definition) is 1. The van der Waals surface area contributed by atoms with E-state index in [1.807, 2.05) is 30.3 Å². The van der Waals surface area contributed by atoms with Crippen LogP contribution in [0.1, 0.15) is 0 Å². The summed E-state index contributed by atoms with van der Waals surface area (Å²) in [6.07, 6.45) is 0. The Morgan fingerprint density at radius 2 is 1.71 bits per heavy atom. The molecule has 106 valence electrons. The molecule has 0 bridgehead atoms. The van der Waals surface area contributed by atoms with Crippen LogP contribution < -0.4 is 5.73 Å². The summed E-state index contributed by atoms with van der Waals surface area (Å²) in [7, 11) is 0. The summed E-state index contributed by atoms with van der Waals surface area (Å²) in [4.78, 5) is 8.82. The fourth-order valence-corrected chi connectivity index (χ4v) is 2.80. The van der Waals surface area contributed by atoms with E-state index in [2.05, 4.69) is 57.8 Å². The third-order valence-electron chi connectivity index (χ3n) is 2.79. The SMILES string of the molecule is Nc1nc(-c2cc(Br)c(Br)o2)nc(-c2ccccc2)c1Br. The number of aromatic nitrogens is 2. The second-order valence-corrected chi connectivity index (χ2v) is 6.56. The van der Waals surface area contributed by atoms with Crippen LogP contribution in [-0.4, -0.2) is 9.97 Å². The normalized spacial score (nSPS) is 10.8. The summed E-state index contributed by atoms with van der Waals surface area (Å²) in [5.74, 6) is 1.33. The maximum atomic E-state index is 5.98. The molecule has 3 rings (SSSR count). The fourth-order valence-electron chi connectivity index (χ4n) is 1.82. The number of rotatable bonds is 2. The monoisotopic (exact) mass is 471 g/mol. The van der Waals surface area contributed by atoms with E-state index in [9.17, 15) is 0 Å². The van der Waals surface area contributed by atoms with Crippen LogP contribution in [0.15, 0.2) is 54.4 Å². The molecule has 0 unspecified atom stereocenters. The summed E-state index contributed by atoms with van der Waals surface area (Å²) in [5, 5.41) is 0. The second kappa shape index (κ2) is 5.90. The van der Waals surface area contributed by atoms with Crippen LogP contribution in [0.3, 0.4) is 0 Å². The lowest BCUT2D eigenvalue weighted by Gasteiger charge is -2.07. The summed E-state index contributed by atoms with van der Waals surface area (Å²) < 4.78 is 7.61. The van der Waals surface area contributed by atoms with Crippen molar-refractivity contribution in [2.75, 3.05) is 5.73 Å². The second-order valence-electron chi connectivity index (χ2n) is 4.19. The van der Waals surface area contributed by atoms with E-state index < -0.39 is 0 Å². The first-order chi connectivity index (χ1) is 10.1.